The first-order chi connectivity index (χ1) is 9.45. The van der Waals surface area contributed by atoms with Gasteiger partial charge in [0.25, 0.3) is 0 Å². The molecule has 1 unspecified atom stereocenters. The monoisotopic (exact) mass is 286 g/mol. The summed E-state index contributed by atoms with van der Waals surface area (Å²) < 4.78 is 0. The Hall–Kier alpha value is -2.32. The van der Waals surface area contributed by atoms with Gasteiger partial charge in [-0.05, 0) is 12.8 Å². The van der Waals surface area contributed by atoms with Crippen LogP contribution in [0.15, 0.2) is 0 Å². The third kappa shape index (κ3) is 4.41. The van der Waals surface area contributed by atoms with Crippen LogP contribution in [0, 0.1) is 0 Å². The van der Waals surface area contributed by atoms with Crippen molar-refractivity contribution >= 4 is 23.8 Å². The van der Waals surface area contributed by atoms with Crippen molar-refractivity contribution in [3.63, 3.8) is 0 Å². The second-order valence-electron chi connectivity index (χ2n) is 4.29. The Kier molecular flexibility index (Phi) is 5.75. The number of urea groups is 1. The third-order valence-electron chi connectivity index (χ3n) is 2.90. The van der Waals surface area contributed by atoms with Crippen LogP contribution in [-0.2, 0) is 14.4 Å². The molecular formula is C11H18N4O5. The molecule has 1 saturated heterocycles. The number of nitrogens with zero attached hydrogens (tertiary/aromatic N) is 1. The fourth-order valence-corrected chi connectivity index (χ4v) is 1.94. The van der Waals surface area contributed by atoms with Crippen LogP contribution in [0.3, 0.4) is 0 Å². The van der Waals surface area contributed by atoms with Crippen LogP contribution in [0.1, 0.15) is 12.8 Å². The third-order valence-corrected chi connectivity index (χ3v) is 2.90. The molecule has 1 aliphatic heterocycles. The van der Waals surface area contributed by atoms with E-state index in [1.807, 2.05) is 0 Å². The first-order valence-electron chi connectivity index (χ1n) is 6.20. The SMILES string of the molecule is CNC(=O)C1CCCN1C(=O)NCC(=O)NCC(=O)O. The maximum atomic E-state index is 11.9. The maximum absolute atomic E-state index is 11.9. The summed E-state index contributed by atoms with van der Waals surface area (Å²) in [6.45, 7) is -0.386. The Morgan fingerprint density at radius 2 is 1.90 bits per heavy atom. The molecule has 0 aromatic heterocycles. The number of amides is 4. The number of carboxylic acids is 1. The summed E-state index contributed by atoms with van der Waals surface area (Å²) in [6, 6.07) is -1.04. The highest BCUT2D eigenvalue weighted by Gasteiger charge is 2.33. The number of rotatable bonds is 5. The van der Waals surface area contributed by atoms with Crippen LogP contribution >= 0.6 is 0 Å². The van der Waals surface area contributed by atoms with Gasteiger partial charge in [0.1, 0.15) is 12.6 Å². The number of hydrogen-bond acceptors (Lipinski definition) is 4. The van der Waals surface area contributed by atoms with E-state index < -0.39 is 30.5 Å². The standard InChI is InChI=1S/C11H18N4O5/c1-12-10(19)7-3-2-4-15(7)11(20)14-5-8(16)13-6-9(17)18/h7H,2-6H2,1H3,(H,12,19)(H,13,16)(H,14,20)(H,17,18). The predicted molar refractivity (Wildman–Crippen MR) is 67.8 cm³/mol. The molecule has 4 N–H and O–H groups in total. The Balaban J connectivity index is 2.40. The van der Waals surface area contributed by atoms with Crippen molar-refractivity contribution in [2.75, 3.05) is 26.7 Å². The molecule has 1 aliphatic rings. The van der Waals surface area contributed by atoms with Gasteiger partial charge in [-0.15, -0.1) is 0 Å². The molecule has 1 fully saturated rings. The van der Waals surface area contributed by atoms with Crippen molar-refractivity contribution < 1.29 is 24.3 Å². The van der Waals surface area contributed by atoms with Gasteiger partial charge in [-0.3, -0.25) is 14.4 Å². The fourth-order valence-electron chi connectivity index (χ4n) is 1.94. The molecule has 1 atom stereocenters. The first-order valence-corrected chi connectivity index (χ1v) is 6.20. The lowest BCUT2D eigenvalue weighted by Crippen LogP contribution is -2.50. The topological polar surface area (TPSA) is 128 Å². The molecule has 0 aliphatic carbocycles. The number of carboxylic acid groups (broad SMARTS) is 1. The van der Waals surface area contributed by atoms with E-state index in [-0.39, 0.29) is 12.5 Å². The molecule has 20 heavy (non-hydrogen) atoms. The van der Waals surface area contributed by atoms with E-state index in [2.05, 4.69) is 16.0 Å². The maximum Gasteiger partial charge on any atom is 0.322 e. The fraction of sp³-hybridized carbons (Fsp3) is 0.636. The summed E-state index contributed by atoms with van der Waals surface area (Å²) >= 11 is 0. The first kappa shape index (κ1) is 15.7. The number of aliphatic carboxylic acids is 1. The average molecular weight is 286 g/mol. The largest absolute Gasteiger partial charge is 0.480 e. The molecule has 0 aromatic carbocycles. The van der Waals surface area contributed by atoms with E-state index >= 15 is 0 Å². The lowest BCUT2D eigenvalue weighted by molar-refractivity contribution is -0.137. The van der Waals surface area contributed by atoms with Gasteiger partial charge in [-0.25, -0.2) is 4.79 Å². The van der Waals surface area contributed by atoms with Gasteiger partial charge in [0.05, 0.1) is 6.54 Å². The predicted octanol–water partition coefficient (Wildman–Crippen LogP) is -1.89. The lowest BCUT2D eigenvalue weighted by atomic mass is 10.2. The van der Waals surface area contributed by atoms with Crippen LogP contribution in [-0.4, -0.2) is 66.5 Å². The van der Waals surface area contributed by atoms with Crippen molar-refractivity contribution in [3.05, 3.63) is 0 Å². The van der Waals surface area contributed by atoms with E-state index in [4.69, 9.17) is 5.11 Å². The minimum absolute atomic E-state index is 0.243. The van der Waals surface area contributed by atoms with Gasteiger partial charge >= 0.3 is 12.0 Å². The number of hydrogen-bond donors (Lipinski definition) is 4. The highest BCUT2D eigenvalue weighted by molar-refractivity contribution is 5.90. The normalized spacial score (nSPS) is 17.4. The Bertz CT molecular complexity index is 412. The van der Waals surface area contributed by atoms with E-state index in [0.29, 0.717) is 13.0 Å². The average Bonchev–Trinajstić information content (AvgIpc) is 2.90. The van der Waals surface area contributed by atoms with Crippen molar-refractivity contribution in [2.45, 2.75) is 18.9 Å². The molecule has 0 spiro atoms. The van der Waals surface area contributed by atoms with E-state index in [0.717, 1.165) is 6.42 Å². The molecular weight excluding hydrogens is 268 g/mol. The smallest absolute Gasteiger partial charge is 0.322 e. The number of carbonyl (C=O) groups is 4. The summed E-state index contributed by atoms with van der Waals surface area (Å²) in [5.74, 6) is -2.01. The number of carbonyl (C=O) groups excluding carboxylic acids is 3. The van der Waals surface area contributed by atoms with E-state index in [9.17, 15) is 19.2 Å². The molecule has 4 amide bonds. The van der Waals surface area contributed by atoms with Gasteiger partial charge in [0.15, 0.2) is 0 Å². The Morgan fingerprint density at radius 3 is 2.50 bits per heavy atom. The second kappa shape index (κ2) is 7.31. The second-order valence-corrected chi connectivity index (χ2v) is 4.29. The lowest BCUT2D eigenvalue weighted by Gasteiger charge is -2.23. The zero-order valence-electron chi connectivity index (χ0n) is 11.1. The van der Waals surface area contributed by atoms with E-state index in [1.54, 1.807) is 0 Å². The number of nitrogens with one attached hydrogen (secondary N) is 3. The van der Waals surface area contributed by atoms with Crippen molar-refractivity contribution in [1.82, 2.24) is 20.9 Å². The zero-order valence-corrected chi connectivity index (χ0v) is 11.1. The van der Waals surface area contributed by atoms with Crippen molar-refractivity contribution in [2.24, 2.45) is 0 Å². The highest BCUT2D eigenvalue weighted by atomic mass is 16.4. The Labute approximate surface area is 115 Å². The van der Waals surface area contributed by atoms with Crippen molar-refractivity contribution in [1.29, 1.82) is 0 Å². The van der Waals surface area contributed by atoms with Crippen LogP contribution in [0.25, 0.3) is 0 Å². The Morgan fingerprint density at radius 1 is 1.20 bits per heavy atom. The van der Waals surface area contributed by atoms with Gasteiger partial charge in [0, 0.05) is 13.6 Å². The quantitative estimate of drug-likeness (QED) is 0.469. The molecule has 0 bridgehead atoms. The zero-order chi connectivity index (χ0) is 15.1. The van der Waals surface area contributed by atoms with E-state index in [1.165, 1.54) is 11.9 Å². The minimum Gasteiger partial charge on any atom is -0.480 e. The molecule has 1 rings (SSSR count). The molecule has 9 nitrogen and oxygen atoms in total. The molecule has 0 saturated carbocycles. The number of likely N-dealkylation sites (N-methyl/N-ethyl adjacent to an activating group) is 1. The summed E-state index contributed by atoms with van der Waals surface area (Å²) in [4.78, 5) is 46.3. The van der Waals surface area contributed by atoms with Gasteiger partial charge in [-0.2, -0.15) is 0 Å². The van der Waals surface area contributed by atoms with Crippen LogP contribution in [0.2, 0.25) is 0 Å². The van der Waals surface area contributed by atoms with Crippen LogP contribution in [0.5, 0.6) is 0 Å². The summed E-state index contributed by atoms with van der Waals surface area (Å²) in [5, 5.41) is 15.3. The molecule has 112 valence electrons. The van der Waals surface area contributed by atoms with Gasteiger partial charge in [-0.1, -0.05) is 0 Å². The van der Waals surface area contributed by atoms with Gasteiger partial charge < -0.3 is 26.0 Å². The van der Waals surface area contributed by atoms with Crippen molar-refractivity contribution in [3.8, 4) is 0 Å². The van der Waals surface area contributed by atoms with Crippen LogP contribution in [0.4, 0.5) is 4.79 Å². The van der Waals surface area contributed by atoms with Gasteiger partial charge in [0.2, 0.25) is 11.8 Å². The summed E-state index contributed by atoms with van der Waals surface area (Å²) in [7, 11) is 1.50. The molecule has 9 heteroatoms. The molecule has 0 aromatic rings. The summed E-state index contributed by atoms with van der Waals surface area (Å²) in [6.07, 6.45) is 1.30. The number of likely N-dealkylation sites (tertiary alicyclic amines) is 1. The van der Waals surface area contributed by atoms with Crippen LogP contribution < -0.4 is 16.0 Å². The molecule has 1 heterocycles. The molecule has 0 radical (unpaired) electrons. The minimum atomic E-state index is -1.16. The summed E-state index contributed by atoms with van der Waals surface area (Å²) in [5.41, 5.74) is 0. The highest BCUT2D eigenvalue weighted by Crippen LogP contribution is 2.16.